The second-order valence-corrected chi connectivity index (χ2v) is 6.95. The minimum Gasteiger partial charge on any atom is -0.379 e. The van der Waals surface area contributed by atoms with E-state index >= 15 is 0 Å². The molecule has 1 aliphatic heterocycles. The van der Waals surface area contributed by atoms with Crippen molar-refractivity contribution in [3.8, 4) is 0 Å². The number of hydrogen-bond donors (Lipinski definition) is 2. The van der Waals surface area contributed by atoms with Crippen LogP contribution in [0.4, 0.5) is 0 Å². The number of benzene rings is 1. The molecule has 1 unspecified atom stereocenters. The van der Waals surface area contributed by atoms with Gasteiger partial charge in [-0.1, -0.05) is 30.3 Å². The summed E-state index contributed by atoms with van der Waals surface area (Å²) in [5, 5.41) is 11.1. The number of aromatic nitrogens is 2. The molecule has 0 spiro atoms. The number of ether oxygens (including phenoxy) is 2. The van der Waals surface area contributed by atoms with Crippen LogP contribution in [0.1, 0.15) is 30.4 Å². The molecule has 28 heavy (non-hydrogen) atoms. The van der Waals surface area contributed by atoms with E-state index in [-0.39, 0.29) is 0 Å². The zero-order valence-electron chi connectivity index (χ0n) is 16.6. The smallest absolute Gasteiger partial charge is 0.191 e. The van der Waals surface area contributed by atoms with Crippen molar-refractivity contribution < 1.29 is 9.47 Å². The van der Waals surface area contributed by atoms with E-state index < -0.39 is 0 Å². The van der Waals surface area contributed by atoms with Gasteiger partial charge in [-0.05, 0) is 24.8 Å². The Morgan fingerprint density at radius 1 is 1.29 bits per heavy atom. The first-order valence-electron chi connectivity index (χ1n) is 10.0. The predicted octanol–water partition coefficient (Wildman–Crippen LogP) is 2.18. The lowest BCUT2D eigenvalue weighted by atomic mass is 10.2. The molecule has 0 bridgehead atoms. The molecule has 2 N–H and O–H groups in total. The maximum Gasteiger partial charge on any atom is 0.191 e. The van der Waals surface area contributed by atoms with E-state index in [1.807, 2.05) is 29.1 Å². The van der Waals surface area contributed by atoms with Gasteiger partial charge in [-0.15, -0.1) is 0 Å². The molecule has 152 valence electrons. The Morgan fingerprint density at radius 2 is 2.18 bits per heavy atom. The van der Waals surface area contributed by atoms with Crippen LogP contribution in [0.3, 0.4) is 0 Å². The highest BCUT2D eigenvalue weighted by Gasteiger charge is 2.14. The number of hydrogen-bond acceptors (Lipinski definition) is 4. The largest absolute Gasteiger partial charge is 0.379 e. The van der Waals surface area contributed by atoms with Crippen molar-refractivity contribution >= 4 is 5.96 Å². The highest BCUT2D eigenvalue weighted by atomic mass is 16.5. The van der Waals surface area contributed by atoms with Crippen molar-refractivity contribution in [1.82, 2.24) is 20.4 Å². The maximum absolute atomic E-state index is 5.68. The highest BCUT2D eigenvalue weighted by Crippen LogP contribution is 2.11. The van der Waals surface area contributed by atoms with E-state index in [2.05, 4.69) is 39.1 Å². The van der Waals surface area contributed by atoms with Gasteiger partial charge in [0.05, 0.1) is 25.5 Å². The van der Waals surface area contributed by atoms with E-state index in [4.69, 9.17) is 9.47 Å². The van der Waals surface area contributed by atoms with Crippen molar-refractivity contribution in [2.45, 2.75) is 38.5 Å². The Morgan fingerprint density at radius 3 is 2.96 bits per heavy atom. The molecule has 0 saturated carbocycles. The molecule has 1 aromatic heterocycles. The van der Waals surface area contributed by atoms with Gasteiger partial charge in [0.25, 0.3) is 0 Å². The van der Waals surface area contributed by atoms with Crippen molar-refractivity contribution in [2.75, 3.05) is 33.4 Å². The topological polar surface area (TPSA) is 72.7 Å². The summed E-state index contributed by atoms with van der Waals surface area (Å²) < 4.78 is 13.2. The van der Waals surface area contributed by atoms with Crippen LogP contribution >= 0.6 is 0 Å². The number of nitrogens with zero attached hydrogens (tertiary/aromatic N) is 3. The minimum absolute atomic E-state index is 0.296. The van der Waals surface area contributed by atoms with Crippen LogP contribution in [-0.4, -0.2) is 55.3 Å². The molecule has 1 atom stereocenters. The zero-order valence-corrected chi connectivity index (χ0v) is 16.6. The SMILES string of the molecule is CN=C(NCCCOCC1CCCO1)NCc1cnn(Cc2ccccc2)c1. The molecule has 3 rings (SSSR count). The van der Waals surface area contributed by atoms with E-state index in [0.717, 1.165) is 57.1 Å². The summed E-state index contributed by atoms with van der Waals surface area (Å²) >= 11 is 0. The Kier molecular flexibility index (Phi) is 8.33. The molecular formula is C21H31N5O2. The fourth-order valence-corrected chi connectivity index (χ4v) is 3.13. The first-order valence-corrected chi connectivity index (χ1v) is 10.0. The molecular weight excluding hydrogens is 354 g/mol. The lowest BCUT2D eigenvalue weighted by Crippen LogP contribution is -2.37. The molecule has 1 saturated heterocycles. The van der Waals surface area contributed by atoms with Gasteiger partial charge in [0, 0.05) is 45.1 Å². The monoisotopic (exact) mass is 385 g/mol. The number of aliphatic imine (C=N–C) groups is 1. The standard InChI is InChI=1S/C21H31N5O2/c1-22-21(23-10-6-11-27-17-20-9-5-12-28-20)24-13-19-14-25-26(16-19)15-18-7-3-2-4-8-18/h2-4,7-8,14,16,20H,5-6,9-13,15,17H2,1H3,(H2,22,23,24). The minimum atomic E-state index is 0.296. The molecule has 2 aromatic rings. The summed E-state index contributed by atoms with van der Waals surface area (Å²) in [5.41, 5.74) is 2.36. The molecule has 7 nitrogen and oxygen atoms in total. The van der Waals surface area contributed by atoms with Crippen molar-refractivity contribution in [3.63, 3.8) is 0 Å². The van der Waals surface area contributed by atoms with Crippen LogP contribution in [0, 0.1) is 0 Å². The van der Waals surface area contributed by atoms with Crippen molar-refractivity contribution in [3.05, 3.63) is 53.9 Å². The van der Waals surface area contributed by atoms with Gasteiger partial charge < -0.3 is 20.1 Å². The van der Waals surface area contributed by atoms with Crippen LogP contribution < -0.4 is 10.6 Å². The van der Waals surface area contributed by atoms with Gasteiger partial charge in [-0.2, -0.15) is 5.10 Å². The first-order chi connectivity index (χ1) is 13.8. The van der Waals surface area contributed by atoms with Gasteiger partial charge in [0.1, 0.15) is 0 Å². The average molecular weight is 386 g/mol. The Labute approximate surface area is 167 Å². The van der Waals surface area contributed by atoms with Gasteiger partial charge in [0.2, 0.25) is 0 Å². The molecule has 0 aliphatic carbocycles. The fourth-order valence-electron chi connectivity index (χ4n) is 3.13. The zero-order chi connectivity index (χ0) is 19.4. The summed E-state index contributed by atoms with van der Waals surface area (Å²) in [6.45, 7) is 4.60. The Hall–Kier alpha value is -2.38. The van der Waals surface area contributed by atoms with Crippen molar-refractivity contribution in [1.29, 1.82) is 0 Å². The third kappa shape index (κ3) is 6.98. The average Bonchev–Trinajstić information content (AvgIpc) is 3.40. The van der Waals surface area contributed by atoms with Crippen LogP contribution in [0.15, 0.2) is 47.7 Å². The molecule has 1 fully saturated rings. The van der Waals surface area contributed by atoms with Crippen LogP contribution in [-0.2, 0) is 22.6 Å². The maximum atomic E-state index is 5.68. The fraction of sp³-hybridized carbons (Fsp3) is 0.524. The lowest BCUT2D eigenvalue weighted by Gasteiger charge is -2.12. The summed E-state index contributed by atoms with van der Waals surface area (Å²) in [6.07, 6.45) is 7.46. The number of guanidine groups is 1. The molecule has 0 amide bonds. The third-order valence-corrected chi connectivity index (χ3v) is 4.64. The lowest BCUT2D eigenvalue weighted by molar-refractivity contribution is 0.0168. The normalized spacial score (nSPS) is 17.0. The number of rotatable bonds is 10. The van der Waals surface area contributed by atoms with Crippen LogP contribution in [0.5, 0.6) is 0 Å². The molecule has 0 radical (unpaired) electrons. The first kappa shape index (κ1) is 20.4. The Bertz CT molecular complexity index is 711. The summed E-state index contributed by atoms with van der Waals surface area (Å²) in [6, 6.07) is 10.3. The summed E-state index contributed by atoms with van der Waals surface area (Å²) in [7, 11) is 1.78. The quantitative estimate of drug-likeness (QED) is 0.373. The van der Waals surface area contributed by atoms with Gasteiger partial charge >= 0.3 is 0 Å². The van der Waals surface area contributed by atoms with E-state index in [9.17, 15) is 0 Å². The van der Waals surface area contributed by atoms with E-state index in [0.29, 0.717) is 19.3 Å². The highest BCUT2D eigenvalue weighted by molar-refractivity contribution is 5.79. The van der Waals surface area contributed by atoms with Gasteiger partial charge in [-0.25, -0.2) is 0 Å². The molecule has 7 heteroatoms. The molecule has 1 aromatic carbocycles. The van der Waals surface area contributed by atoms with E-state index in [1.54, 1.807) is 7.05 Å². The second kappa shape index (κ2) is 11.5. The van der Waals surface area contributed by atoms with Gasteiger partial charge in [-0.3, -0.25) is 9.67 Å². The van der Waals surface area contributed by atoms with Crippen molar-refractivity contribution in [2.24, 2.45) is 4.99 Å². The third-order valence-electron chi connectivity index (χ3n) is 4.64. The summed E-state index contributed by atoms with van der Waals surface area (Å²) in [4.78, 5) is 4.26. The second-order valence-electron chi connectivity index (χ2n) is 6.95. The van der Waals surface area contributed by atoms with Gasteiger partial charge in [0.15, 0.2) is 5.96 Å². The Balaban J connectivity index is 1.29. The number of nitrogens with one attached hydrogen (secondary N) is 2. The predicted molar refractivity (Wildman–Crippen MR) is 110 cm³/mol. The molecule has 2 heterocycles. The summed E-state index contributed by atoms with van der Waals surface area (Å²) in [5.74, 6) is 0.787. The van der Waals surface area contributed by atoms with E-state index in [1.165, 1.54) is 5.56 Å². The van der Waals surface area contributed by atoms with Crippen LogP contribution in [0.25, 0.3) is 0 Å². The molecule has 1 aliphatic rings. The van der Waals surface area contributed by atoms with Crippen LogP contribution in [0.2, 0.25) is 0 Å².